The summed E-state index contributed by atoms with van der Waals surface area (Å²) >= 11 is 0. The van der Waals surface area contributed by atoms with E-state index < -0.39 is 24.4 Å². The molecule has 0 aromatic heterocycles. The highest BCUT2D eigenvalue weighted by Crippen LogP contribution is 2.28. The van der Waals surface area contributed by atoms with Crippen molar-refractivity contribution in [2.24, 2.45) is 11.8 Å². The van der Waals surface area contributed by atoms with Crippen molar-refractivity contribution >= 4 is 23.4 Å². The van der Waals surface area contributed by atoms with E-state index in [1.165, 1.54) is 0 Å². The van der Waals surface area contributed by atoms with E-state index in [0.717, 1.165) is 19.3 Å². The topological polar surface area (TPSA) is 134 Å². The van der Waals surface area contributed by atoms with Crippen LogP contribution >= 0.6 is 0 Å². The quantitative estimate of drug-likeness (QED) is 0.251. The molecule has 1 heterocycles. The van der Waals surface area contributed by atoms with Gasteiger partial charge in [-0.15, -0.1) is 0 Å². The van der Waals surface area contributed by atoms with Gasteiger partial charge in [0.2, 0.25) is 17.7 Å². The second-order valence-corrected chi connectivity index (χ2v) is 12.2. The van der Waals surface area contributed by atoms with E-state index in [1.54, 1.807) is 57.4 Å². The van der Waals surface area contributed by atoms with Crippen LogP contribution < -0.4 is 11.1 Å². The number of rotatable bonds is 16. The molecule has 42 heavy (non-hydrogen) atoms. The maximum Gasteiger partial charge on any atom is 0.225 e. The lowest BCUT2D eigenvalue weighted by atomic mass is 9.90. The van der Waals surface area contributed by atoms with E-state index in [-0.39, 0.29) is 54.5 Å². The van der Waals surface area contributed by atoms with Crippen LogP contribution in [0.5, 0.6) is 0 Å². The number of nitrogens with one attached hydrogen (secondary N) is 1. The Morgan fingerprint density at radius 2 is 1.71 bits per heavy atom. The van der Waals surface area contributed by atoms with Gasteiger partial charge in [-0.2, -0.15) is 0 Å². The first kappa shape index (κ1) is 35.5. The predicted molar refractivity (Wildman–Crippen MR) is 164 cm³/mol. The lowest BCUT2D eigenvalue weighted by Crippen LogP contribution is -2.52. The zero-order valence-corrected chi connectivity index (χ0v) is 26.8. The fourth-order valence-corrected chi connectivity index (χ4v) is 5.95. The SMILES string of the molecule is CCC(C)C(C(CC(=O)N1CCCC1C(CC(=O)N[C@H](C)C(O)c1ccc(N)cc1)OC)OC)N(C)C(=O)CC(C)C. The molecule has 0 radical (unpaired) electrons. The molecule has 10 heteroatoms. The molecule has 1 aromatic rings. The number of likely N-dealkylation sites (N-methyl/N-ethyl adjacent to an activating group) is 1. The summed E-state index contributed by atoms with van der Waals surface area (Å²) in [6.45, 7) is 10.5. The van der Waals surface area contributed by atoms with Crippen molar-refractivity contribution < 1.29 is 29.0 Å². The molecule has 10 nitrogen and oxygen atoms in total. The third kappa shape index (κ3) is 9.67. The fourth-order valence-electron chi connectivity index (χ4n) is 5.95. The molecule has 0 aliphatic carbocycles. The number of aliphatic hydroxyl groups is 1. The standard InChI is InChI=1S/C32H54N4O6/c1-9-21(4)31(35(6)29(38)17-20(2)3)27(42-8)19-30(39)36-16-10-11-25(36)26(41-7)18-28(37)34-22(5)32(40)23-12-14-24(33)15-13-23/h12-15,20-22,25-27,31-32,40H,9-11,16-19,33H2,1-8H3,(H,34,37)/t21?,22-,25?,26?,27?,31?,32?/m1/s1. The highest BCUT2D eigenvalue weighted by atomic mass is 16.5. The number of nitrogens with two attached hydrogens (primary N) is 1. The third-order valence-corrected chi connectivity index (χ3v) is 8.59. The van der Waals surface area contributed by atoms with Crippen molar-refractivity contribution in [2.45, 2.75) is 110 Å². The summed E-state index contributed by atoms with van der Waals surface area (Å²) in [7, 11) is 4.96. The van der Waals surface area contributed by atoms with E-state index in [9.17, 15) is 19.5 Å². The number of hydrogen-bond acceptors (Lipinski definition) is 7. The molecule has 0 bridgehead atoms. The molecule has 1 fully saturated rings. The van der Waals surface area contributed by atoms with Crippen molar-refractivity contribution in [3.63, 3.8) is 0 Å². The molecule has 1 aliphatic rings. The third-order valence-electron chi connectivity index (χ3n) is 8.59. The Labute approximate surface area is 252 Å². The number of methoxy groups -OCH3 is 2. The number of nitrogen functional groups attached to an aromatic ring is 1. The number of benzene rings is 1. The average molecular weight is 591 g/mol. The Balaban J connectivity index is 2.09. The fraction of sp³-hybridized carbons (Fsp3) is 0.719. The highest BCUT2D eigenvalue weighted by molar-refractivity contribution is 5.79. The van der Waals surface area contributed by atoms with E-state index in [2.05, 4.69) is 19.2 Å². The van der Waals surface area contributed by atoms with Gasteiger partial charge >= 0.3 is 0 Å². The van der Waals surface area contributed by atoms with Gasteiger partial charge in [0.15, 0.2) is 0 Å². The van der Waals surface area contributed by atoms with Crippen LogP contribution in [0.1, 0.15) is 84.8 Å². The summed E-state index contributed by atoms with van der Waals surface area (Å²) in [4.78, 5) is 43.3. The minimum atomic E-state index is -0.893. The van der Waals surface area contributed by atoms with Crippen molar-refractivity contribution in [1.82, 2.24) is 15.1 Å². The Morgan fingerprint density at radius 1 is 1.07 bits per heavy atom. The molecule has 6 unspecified atom stereocenters. The number of carbonyl (C=O) groups excluding carboxylic acids is 3. The van der Waals surface area contributed by atoms with Gasteiger partial charge in [-0.05, 0) is 49.3 Å². The second kappa shape index (κ2) is 16.8. The number of nitrogens with zero attached hydrogens (tertiary/aromatic N) is 2. The summed E-state index contributed by atoms with van der Waals surface area (Å²) < 4.78 is 11.6. The zero-order chi connectivity index (χ0) is 31.6. The lowest BCUT2D eigenvalue weighted by Gasteiger charge is -2.39. The van der Waals surface area contributed by atoms with Gasteiger partial charge in [0.05, 0.1) is 49.3 Å². The molecule has 7 atom stereocenters. The maximum absolute atomic E-state index is 13.7. The normalized spacial score (nSPS) is 19.6. The Kier molecular flexibility index (Phi) is 14.2. The van der Waals surface area contributed by atoms with Crippen molar-refractivity contribution in [3.05, 3.63) is 29.8 Å². The number of aliphatic hydroxyl groups excluding tert-OH is 1. The molecule has 0 spiro atoms. The van der Waals surface area contributed by atoms with Crippen LogP contribution in [0.15, 0.2) is 24.3 Å². The zero-order valence-electron chi connectivity index (χ0n) is 26.8. The van der Waals surface area contributed by atoms with Gasteiger partial charge in [-0.3, -0.25) is 14.4 Å². The first-order chi connectivity index (χ1) is 19.8. The molecule has 1 aromatic carbocycles. The van der Waals surface area contributed by atoms with Crippen LogP contribution in [-0.2, 0) is 23.9 Å². The van der Waals surface area contributed by atoms with Crippen LogP contribution in [0.2, 0.25) is 0 Å². The molecule has 2 rings (SSSR count). The van der Waals surface area contributed by atoms with Crippen molar-refractivity contribution in [3.8, 4) is 0 Å². The van der Waals surface area contributed by atoms with E-state index in [1.807, 2.05) is 18.7 Å². The number of hydrogen-bond donors (Lipinski definition) is 3. The Morgan fingerprint density at radius 3 is 2.26 bits per heavy atom. The van der Waals surface area contributed by atoms with Gasteiger partial charge in [0.25, 0.3) is 0 Å². The van der Waals surface area contributed by atoms with Crippen LogP contribution in [0.4, 0.5) is 5.69 Å². The summed E-state index contributed by atoms with van der Waals surface area (Å²) in [5.41, 5.74) is 7.00. The van der Waals surface area contributed by atoms with E-state index >= 15 is 0 Å². The molecule has 1 saturated heterocycles. The van der Waals surface area contributed by atoms with E-state index in [4.69, 9.17) is 15.2 Å². The summed E-state index contributed by atoms with van der Waals surface area (Å²) in [5.74, 6) is 0.0824. The molecular weight excluding hydrogens is 536 g/mol. The van der Waals surface area contributed by atoms with Gasteiger partial charge in [-0.25, -0.2) is 0 Å². The maximum atomic E-state index is 13.7. The van der Waals surface area contributed by atoms with Crippen LogP contribution in [0.25, 0.3) is 0 Å². The summed E-state index contributed by atoms with van der Waals surface area (Å²) in [6.07, 6.45) is 1.15. The van der Waals surface area contributed by atoms with Gasteiger partial charge in [0, 0.05) is 39.9 Å². The summed E-state index contributed by atoms with van der Waals surface area (Å²) in [6, 6.07) is 5.86. The van der Waals surface area contributed by atoms with E-state index in [0.29, 0.717) is 24.2 Å². The largest absolute Gasteiger partial charge is 0.399 e. The van der Waals surface area contributed by atoms with Crippen LogP contribution in [0, 0.1) is 11.8 Å². The molecule has 3 amide bonds. The summed E-state index contributed by atoms with van der Waals surface area (Å²) in [5, 5.41) is 13.6. The molecule has 4 N–H and O–H groups in total. The van der Waals surface area contributed by atoms with Crippen LogP contribution in [-0.4, -0.2) is 90.8 Å². The Hall–Kier alpha value is -2.69. The molecule has 1 aliphatic heterocycles. The molecule has 0 saturated carbocycles. The minimum absolute atomic E-state index is 0.0463. The predicted octanol–water partition coefficient (Wildman–Crippen LogP) is 3.53. The first-order valence-corrected chi connectivity index (χ1v) is 15.3. The molecule has 238 valence electrons. The monoisotopic (exact) mass is 590 g/mol. The second-order valence-electron chi connectivity index (χ2n) is 12.2. The lowest BCUT2D eigenvalue weighted by molar-refractivity contribution is -0.145. The van der Waals surface area contributed by atoms with Gasteiger partial charge in [-0.1, -0.05) is 46.2 Å². The number of carbonyl (C=O) groups is 3. The highest BCUT2D eigenvalue weighted by Gasteiger charge is 2.39. The number of amides is 3. The first-order valence-electron chi connectivity index (χ1n) is 15.3. The van der Waals surface area contributed by atoms with Gasteiger partial charge < -0.3 is 35.4 Å². The Bertz CT molecular complexity index is 1000. The minimum Gasteiger partial charge on any atom is -0.399 e. The smallest absolute Gasteiger partial charge is 0.225 e. The number of anilines is 1. The van der Waals surface area contributed by atoms with Crippen molar-refractivity contribution in [2.75, 3.05) is 33.5 Å². The van der Waals surface area contributed by atoms with Crippen molar-refractivity contribution in [1.29, 1.82) is 0 Å². The van der Waals surface area contributed by atoms with Crippen LogP contribution in [0.3, 0.4) is 0 Å². The van der Waals surface area contributed by atoms with Gasteiger partial charge in [0.1, 0.15) is 0 Å². The molecular formula is C32H54N4O6. The average Bonchev–Trinajstić information content (AvgIpc) is 3.44. The number of likely N-dealkylation sites (tertiary alicyclic amines) is 1. The number of ether oxygens (including phenoxy) is 2.